The topological polar surface area (TPSA) is 56.6 Å². The van der Waals surface area contributed by atoms with Crippen LogP contribution in [-0.4, -0.2) is 54.7 Å². The lowest BCUT2D eigenvalue weighted by Crippen LogP contribution is -2.50. The number of rotatable bonds is 3. The lowest BCUT2D eigenvalue weighted by Gasteiger charge is -2.38. The molecule has 1 fully saturated rings. The molecule has 1 heterocycles. The Morgan fingerprint density at radius 1 is 1.47 bits per heavy atom. The first kappa shape index (κ1) is 13.8. The summed E-state index contributed by atoms with van der Waals surface area (Å²) in [6.07, 6.45) is 1.20. The first-order chi connectivity index (χ1) is 8.08. The lowest BCUT2D eigenvalue weighted by atomic mass is 9.93. The molecule has 5 heteroatoms. The molecule has 0 bridgehead atoms. The molecule has 0 saturated carbocycles. The SMILES string of the molecule is CCOC1(C#N)CCN(C(=O)N(C)CC)CC1. The maximum Gasteiger partial charge on any atom is 0.319 e. The summed E-state index contributed by atoms with van der Waals surface area (Å²) in [6, 6.07) is 2.28. The molecule has 1 aliphatic rings. The van der Waals surface area contributed by atoms with E-state index >= 15 is 0 Å². The summed E-state index contributed by atoms with van der Waals surface area (Å²) in [5, 5.41) is 9.16. The van der Waals surface area contributed by atoms with Crippen molar-refractivity contribution in [1.29, 1.82) is 5.26 Å². The highest BCUT2D eigenvalue weighted by Gasteiger charge is 2.37. The van der Waals surface area contributed by atoms with Crippen molar-refractivity contribution in [3.8, 4) is 6.07 Å². The fraction of sp³-hybridized carbons (Fsp3) is 0.833. The zero-order chi connectivity index (χ0) is 12.9. The monoisotopic (exact) mass is 239 g/mol. The van der Waals surface area contributed by atoms with Gasteiger partial charge in [-0.3, -0.25) is 0 Å². The van der Waals surface area contributed by atoms with E-state index in [2.05, 4.69) is 6.07 Å². The van der Waals surface area contributed by atoms with Crippen LogP contribution in [-0.2, 0) is 4.74 Å². The van der Waals surface area contributed by atoms with Crippen molar-refractivity contribution in [1.82, 2.24) is 9.80 Å². The summed E-state index contributed by atoms with van der Waals surface area (Å²) in [5.74, 6) is 0. The Bertz CT molecular complexity index is 303. The first-order valence-corrected chi connectivity index (χ1v) is 6.13. The summed E-state index contributed by atoms with van der Waals surface area (Å²) in [5.41, 5.74) is -0.684. The summed E-state index contributed by atoms with van der Waals surface area (Å²) in [6.45, 7) is 6.26. The maximum atomic E-state index is 11.9. The van der Waals surface area contributed by atoms with Crippen LogP contribution in [0.3, 0.4) is 0 Å². The van der Waals surface area contributed by atoms with Crippen LogP contribution in [0.5, 0.6) is 0 Å². The number of likely N-dealkylation sites (tertiary alicyclic amines) is 1. The highest BCUT2D eigenvalue weighted by Crippen LogP contribution is 2.26. The average molecular weight is 239 g/mol. The third kappa shape index (κ3) is 3.10. The Labute approximate surface area is 103 Å². The third-order valence-corrected chi connectivity index (χ3v) is 3.27. The Hall–Kier alpha value is -1.28. The minimum absolute atomic E-state index is 0.0375. The molecule has 17 heavy (non-hydrogen) atoms. The average Bonchev–Trinajstić information content (AvgIpc) is 2.38. The van der Waals surface area contributed by atoms with Gasteiger partial charge in [-0.1, -0.05) is 0 Å². The third-order valence-electron chi connectivity index (χ3n) is 3.27. The van der Waals surface area contributed by atoms with Crippen LogP contribution in [0.15, 0.2) is 0 Å². The van der Waals surface area contributed by atoms with E-state index in [1.54, 1.807) is 16.8 Å². The number of amides is 2. The van der Waals surface area contributed by atoms with Crippen molar-refractivity contribution in [2.45, 2.75) is 32.3 Å². The van der Waals surface area contributed by atoms with Crippen LogP contribution in [0, 0.1) is 11.3 Å². The van der Waals surface area contributed by atoms with E-state index in [1.165, 1.54) is 0 Å². The fourth-order valence-corrected chi connectivity index (χ4v) is 2.00. The number of hydrogen-bond acceptors (Lipinski definition) is 3. The van der Waals surface area contributed by atoms with Gasteiger partial charge in [-0.05, 0) is 13.8 Å². The molecule has 0 aromatic heterocycles. The van der Waals surface area contributed by atoms with Crippen LogP contribution in [0.2, 0.25) is 0 Å². The quantitative estimate of drug-likeness (QED) is 0.749. The lowest BCUT2D eigenvalue weighted by molar-refractivity contribution is -0.0333. The van der Waals surface area contributed by atoms with E-state index in [9.17, 15) is 4.79 Å². The van der Waals surface area contributed by atoms with Gasteiger partial charge in [-0.2, -0.15) is 5.26 Å². The number of carbonyl (C=O) groups is 1. The van der Waals surface area contributed by atoms with Gasteiger partial charge in [0.15, 0.2) is 5.60 Å². The van der Waals surface area contributed by atoms with E-state index < -0.39 is 5.60 Å². The predicted molar refractivity (Wildman–Crippen MR) is 64.5 cm³/mol. The number of hydrogen-bond donors (Lipinski definition) is 0. The molecule has 2 amide bonds. The summed E-state index contributed by atoms with van der Waals surface area (Å²) in [4.78, 5) is 15.4. The van der Waals surface area contributed by atoms with Gasteiger partial charge in [-0.25, -0.2) is 4.79 Å². The molecular weight excluding hydrogens is 218 g/mol. The van der Waals surface area contributed by atoms with E-state index in [1.807, 2.05) is 13.8 Å². The fourth-order valence-electron chi connectivity index (χ4n) is 2.00. The molecule has 0 unspecified atom stereocenters. The second kappa shape index (κ2) is 5.87. The Balaban J connectivity index is 2.56. The largest absolute Gasteiger partial charge is 0.360 e. The highest BCUT2D eigenvalue weighted by molar-refractivity contribution is 5.74. The molecule has 0 aromatic carbocycles. The maximum absolute atomic E-state index is 11.9. The summed E-state index contributed by atoms with van der Waals surface area (Å²) < 4.78 is 5.52. The van der Waals surface area contributed by atoms with E-state index in [-0.39, 0.29) is 6.03 Å². The Morgan fingerprint density at radius 2 is 2.06 bits per heavy atom. The number of nitriles is 1. The zero-order valence-electron chi connectivity index (χ0n) is 10.9. The second-order valence-electron chi connectivity index (χ2n) is 4.32. The first-order valence-electron chi connectivity index (χ1n) is 6.13. The second-order valence-corrected chi connectivity index (χ2v) is 4.32. The molecule has 0 aliphatic carbocycles. The Morgan fingerprint density at radius 3 is 2.47 bits per heavy atom. The van der Waals surface area contributed by atoms with Gasteiger partial charge in [0.1, 0.15) is 0 Å². The highest BCUT2D eigenvalue weighted by atomic mass is 16.5. The molecule has 0 aromatic rings. The normalized spacial score (nSPS) is 18.6. The minimum atomic E-state index is -0.684. The van der Waals surface area contributed by atoms with Crippen molar-refractivity contribution in [2.24, 2.45) is 0 Å². The van der Waals surface area contributed by atoms with Crippen molar-refractivity contribution in [3.63, 3.8) is 0 Å². The van der Waals surface area contributed by atoms with Gasteiger partial charge in [0.05, 0.1) is 6.07 Å². The molecule has 1 rings (SSSR count). The number of carbonyl (C=O) groups excluding carboxylic acids is 1. The van der Waals surface area contributed by atoms with Gasteiger partial charge in [0.25, 0.3) is 0 Å². The Kier molecular flexibility index (Phi) is 4.76. The molecule has 0 spiro atoms. The van der Waals surface area contributed by atoms with Gasteiger partial charge in [0.2, 0.25) is 0 Å². The zero-order valence-corrected chi connectivity index (χ0v) is 10.9. The summed E-state index contributed by atoms with van der Waals surface area (Å²) in [7, 11) is 1.79. The smallest absolute Gasteiger partial charge is 0.319 e. The van der Waals surface area contributed by atoms with Crippen LogP contribution in [0.1, 0.15) is 26.7 Å². The van der Waals surface area contributed by atoms with Gasteiger partial charge < -0.3 is 14.5 Å². The van der Waals surface area contributed by atoms with Crippen molar-refractivity contribution in [2.75, 3.05) is 33.3 Å². The standard InChI is InChI=1S/C12H21N3O2/c1-4-14(3)11(16)15-8-6-12(10-13,7-9-15)17-5-2/h4-9H2,1-3H3. The van der Waals surface area contributed by atoms with Gasteiger partial charge in [0, 0.05) is 46.1 Å². The molecule has 96 valence electrons. The summed E-state index contributed by atoms with van der Waals surface area (Å²) >= 11 is 0. The van der Waals surface area contributed by atoms with Crippen LogP contribution in [0.25, 0.3) is 0 Å². The minimum Gasteiger partial charge on any atom is -0.360 e. The van der Waals surface area contributed by atoms with Crippen LogP contribution < -0.4 is 0 Å². The van der Waals surface area contributed by atoms with Crippen molar-refractivity contribution in [3.05, 3.63) is 0 Å². The molecular formula is C12H21N3O2. The molecule has 1 aliphatic heterocycles. The van der Waals surface area contributed by atoms with Crippen molar-refractivity contribution < 1.29 is 9.53 Å². The number of piperidine rings is 1. The van der Waals surface area contributed by atoms with E-state index in [4.69, 9.17) is 10.00 Å². The van der Waals surface area contributed by atoms with Gasteiger partial charge >= 0.3 is 6.03 Å². The number of ether oxygens (including phenoxy) is 1. The van der Waals surface area contributed by atoms with E-state index in [0.717, 1.165) is 0 Å². The number of nitrogens with zero attached hydrogens (tertiary/aromatic N) is 3. The molecule has 0 N–H and O–H groups in total. The molecule has 0 radical (unpaired) electrons. The number of urea groups is 1. The van der Waals surface area contributed by atoms with Gasteiger partial charge in [-0.15, -0.1) is 0 Å². The predicted octanol–water partition coefficient (Wildman–Crippen LogP) is 1.45. The van der Waals surface area contributed by atoms with Crippen molar-refractivity contribution >= 4 is 6.03 Å². The molecule has 5 nitrogen and oxygen atoms in total. The molecule has 1 saturated heterocycles. The van der Waals surface area contributed by atoms with Crippen LogP contribution in [0.4, 0.5) is 4.79 Å². The molecule has 0 atom stereocenters. The van der Waals surface area contributed by atoms with Crippen LogP contribution >= 0.6 is 0 Å². The van der Waals surface area contributed by atoms with E-state index in [0.29, 0.717) is 39.1 Å².